The van der Waals surface area contributed by atoms with Crippen LogP contribution < -0.4 is 5.32 Å². The molecule has 0 atom stereocenters. The number of nitro groups is 1. The van der Waals surface area contributed by atoms with Crippen LogP contribution >= 0.6 is 15.9 Å². The molecular formula is C14H17BrN2O2. The Bertz CT molecular complexity index is 500. The highest BCUT2D eigenvalue weighted by atomic mass is 79.9. The van der Waals surface area contributed by atoms with Crippen LogP contribution in [0.1, 0.15) is 31.2 Å². The molecule has 2 rings (SSSR count). The molecule has 0 bridgehead atoms. The van der Waals surface area contributed by atoms with E-state index in [2.05, 4.69) is 27.3 Å². The second kappa shape index (κ2) is 6.82. The zero-order chi connectivity index (χ0) is 13.7. The third-order valence-corrected chi connectivity index (χ3v) is 3.81. The molecule has 0 unspecified atom stereocenters. The second-order valence-corrected chi connectivity index (χ2v) is 5.63. The SMILES string of the molecule is O=[N+]([O-])c1cc(Br)ccc1CNCCC1=CCCC1. The van der Waals surface area contributed by atoms with Crippen LogP contribution in [0.3, 0.4) is 0 Å². The van der Waals surface area contributed by atoms with E-state index in [1.54, 1.807) is 12.1 Å². The van der Waals surface area contributed by atoms with Crippen molar-refractivity contribution in [2.45, 2.75) is 32.2 Å². The Kier molecular flexibility index (Phi) is 5.10. The van der Waals surface area contributed by atoms with E-state index < -0.39 is 0 Å². The molecule has 5 heteroatoms. The van der Waals surface area contributed by atoms with Crippen molar-refractivity contribution in [3.63, 3.8) is 0 Å². The maximum absolute atomic E-state index is 11.0. The van der Waals surface area contributed by atoms with Crippen molar-refractivity contribution in [3.05, 3.63) is 50.0 Å². The predicted octanol–water partition coefficient (Wildman–Crippen LogP) is 3.95. The van der Waals surface area contributed by atoms with Crippen LogP contribution in [0.15, 0.2) is 34.3 Å². The van der Waals surface area contributed by atoms with Gasteiger partial charge in [0.2, 0.25) is 0 Å². The standard InChI is InChI=1S/C14H17BrN2O2/c15-13-6-5-12(14(9-13)17(18)19)10-16-8-7-11-3-1-2-4-11/h3,5-6,9,16H,1-2,4,7-8,10H2. The summed E-state index contributed by atoms with van der Waals surface area (Å²) in [5.41, 5.74) is 2.41. The topological polar surface area (TPSA) is 55.2 Å². The van der Waals surface area contributed by atoms with Gasteiger partial charge in [0.25, 0.3) is 5.69 Å². The molecule has 0 radical (unpaired) electrons. The number of nitrogens with one attached hydrogen (secondary N) is 1. The number of allylic oxidation sites excluding steroid dienone is 1. The average molecular weight is 325 g/mol. The molecule has 19 heavy (non-hydrogen) atoms. The van der Waals surface area contributed by atoms with Gasteiger partial charge in [-0.3, -0.25) is 10.1 Å². The van der Waals surface area contributed by atoms with E-state index in [0.717, 1.165) is 23.0 Å². The van der Waals surface area contributed by atoms with Gasteiger partial charge in [0.15, 0.2) is 0 Å². The zero-order valence-corrected chi connectivity index (χ0v) is 12.3. The third kappa shape index (κ3) is 4.14. The lowest BCUT2D eigenvalue weighted by Crippen LogP contribution is -2.16. The fourth-order valence-electron chi connectivity index (χ4n) is 2.29. The molecule has 0 spiro atoms. The van der Waals surface area contributed by atoms with Gasteiger partial charge >= 0.3 is 0 Å². The lowest BCUT2D eigenvalue weighted by Gasteiger charge is -2.06. The summed E-state index contributed by atoms with van der Waals surface area (Å²) in [7, 11) is 0. The molecule has 1 aromatic rings. The molecule has 0 heterocycles. The van der Waals surface area contributed by atoms with Crippen LogP contribution in [0.25, 0.3) is 0 Å². The summed E-state index contributed by atoms with van der Waals surface area (Å²) in [5.74, 6) is 0. The Balaban J connectivity index is 1.86. The van der Waals surface area contributed by atoms with E-state index in [9.17, 15) is 10.1 Å². The predicted molar refractivity (Wildman–Crippen MR) is 79.1 cm³/mol. The molecule has 102 valence electrons. The molecule has 1 aliphatic rings. The molecule has 4 nitrogen and oxygen atoms in total. The number of hydrogen-bond donors (Lipinski definition) is 1. The summed E-state index contributed by atoms with van der Waals surface area (Å²) in [6, 6.07) is 5.18. The first-order valence-electron chi connectivity index (χ1n) is 6.48. The van der Waals surface area contributed by atoms with Crippen molar-refractivity contribution < 1.29 is 4.92 Å². The van der Waals surface area contributed by atoms with Gasteiger partial charge in [-0.2, -0.15) is 0 Å². The summed E-state index contributed by atoms with van der Waals surface area (Å²) < 4.78 is 0.735. The summed E-state index contributed by atoms with van der Waals surface area (Å²) in [5, 5.41) is 14.2. The number of nitro benzene ring substituents is 1. The lowest BCUT2D eigenvalue weighted by atomic mass is 10.1. The Morgan fingerprint density at radius 2 is 2.26 bits per heavy atom. The van der Waals surface area contributed by atoms with Crippen LogP contribution in [-0.4, -0.2) is 11.5 Å². The quantitative estimate of drug-likeness (QED) is 0.373. The minimum absolute atomic E-state index is 0.168. The van der Waals surface area contributed by atoms with Crippen LogP contribution in [0.5, 0.6) is 0 Å². The second-order valence-electron chi connectivity index (χ2n) is 4.71. The van der Waals surface area contributed by atoms with Gasteiger partial charge in [0.05, 0.1) is 4.92 Å². The van der Waals surface area contributed by atoms with Gasteiger partial charge in [-0.1, -0.05) is 27.6 Å². The molecule has 0 saturated heterocycles. The number of benzene rings is 1. The molecule has 0 aliphatic heterocycles. The van der Waals surface area contributed by atoms with Crippen molar-refractivity contribution in [1.29, 1.82) is 0 Å². The van der Waals surface area contributed by atoms with E-state index in [4.69, 9.17) is 0 Å². The number of hydrogen-bond acceptors (Lipinski definition) is 3. The molecular weight excluding hydrogens is 308 g/mol. The zero-order valence-electron chi connectivity index (χ0n) is 10.7. The Morgan fingerprint density at radius 3 is 2.95 bits per heavy atom. The van der Waals surface area contributed by atoms with Gasteiger partial charge in [0.1, 0.15) is 0 Å². The largest absolute Gasteiger partial charge is 0.312 e. The van der Waals surface area contributed by atoms with Crippen molar-refractivity contribution in [2.75, 3.05) is 6.54 Å². The van der Waals surface area contributed by atoms with Crippen molar-refractivity contribution in [3.8, 4) is 0 Å². The number of nitrogens with zero attached hydrogens (tertiary/aromatic N) is 1. The third-order valence-electron chi connectivity index (χ3n) is 3.32. The van der Waals surface area contributed by atoms with E-state index in [1.807, 2.05) is 6.07 Å². The van der Waals surface area contributed by atoms with Crippen LogP contribution in [-0.2, 0) is 6.54 Å². The highest BCUT2D eigenvalue weighted by Gasteiger charge is 2.13. The molecule has 1 aromatic carbocycles. The van der Waals surface area contributed by atoms with Crippen LogP contribution in [0.2, 0.25) is 0 Å². The molecule has 0 amide bonds. The van der Waals surface area contributed by atoms with E-state index in [-0.39, 0.29) is 10.6 Å². The first-order chi connectivity index (χ1) is 9.16. The Hall–Kier alpha value is -1.20. The lowest BCUT2D eigenvalue weighted by molar-refractivity contribution is -0.385. The first-order valence-corrected chi connectivity index (χ1v) is 7.27. The van der Waals surface area contributed by atoms with Gasteiger partial charge in [-0.05, 0) is 44.4 Å². The van der Waals surface area contributed by atoms with Gasteiger partial charge in [-0.15, -0.1) is 0 Å². The van der Waals surface area contributed by atoms with Gasteiger partial charge in [-0.25, -0.2) is 0 Å². The van der Waals surface area contributed by atoms with Gasteiger partial charge in [0, 0.05) is 22.6 Å². The highest BCUT2D eigenvalue weighted by Crippen LogP contribution is 2.23. The summed E-state index contributed by atoms with van der Waals surface area (Å²) in [4.78, 5) is 10.6. The fourth-order valence-corrected chi connectivity index (χ4v) is 2.64. The first kappa shape index (κ1) is 14.2. The monoisotopic (exact) mass is 324 g/mol. The summed E-state index contributed by atoms with van der Waals surface area (Å²) in [6.45, 7) is 1.41. The van der Waals surface area contributed by atoms with E-state index in [1.165, 1.54) is 24.8 Å². The Labute approximate surface area is 121 Å². The normalized spacial score (nSPS) is 14.5. The molecule has 1 N–H and O–H groups in total. The van der Waals surface area contributed by atoms with Crippen LogP contribution in [0.4, 0.5) is 5.69 Å². The minimum Gasteiger partial charge on any atom is -0.312 e. The van der Waals surface area contributed by atoms with Gasteiger partial charge < -0.3 is 5.32 Å². The summed E-state index contributed by atoms with van der Waals surface area (Å²) in [6.07, 6.45) is 7.04. The molecule has 0 aromatic heterocycles. The van der Waals surface area contributed by atoms with E-state index in [0.29, 0.717) is 6.54 Å². The average Bonchev–Trinajstić information content (AvgIpc) is 2.89. The highest BCUT2D eigenvalue weighted by molar-refractivity contribution is 9.10. The molecule has 0 fully saturated rings. The molecule has 0 saturated carbocycles. The van der Waals surface area contributed by atoms with Crippen molar-refractivity contribution >= 4 is 21.6 Å². The summed E-state index contributed by atoms with van der Waals surface area (Å²) >= 11 is 3.26. The molecule has 1 aliphatic carbocycles. The maximum Gasteiger partial charge on any atom is 0.275 e. The van der Waals surface area contributed by atoms with E-state index >= 15 is 0 Å². The minimum atomic E-state index is -0.332. The van der Waals surface area contributed by atoms with Crippen LogP contribution in [0, 0.1) is 10.1 Å². The number of rotatable bonds is 6. The Morgan fingerprint density at radius 1 is 1.42 bits per heavy atom. The smallest absolute Gasteiger partial charge is 0.275 e. The fraction of sp³-hybridized carbons (Fsp3) is 0.429. The maximum atomic E-state index is 11.0. The number of halogens is 1. The van der Waals surface area contributed by atoms with Crippen molar-refractivity contribution in [2.24, 2.45) is 0 Å². The van der Waals surface area contributed by atoms with Crippen molar-refractivity contribution in [1.82, 2.24) is 5.32 Å².